The second-order valence-corrected chi connectivity index (χ2v) is 8.76. The van der Waals surface area contributed by atoms with Gasteiger partial charge in [-0.25, -0.2) is 0 Å². The van der Waals surface area contributed by atoms with Crippen molar-refractivity contribution < 1.29 is 9.57 Å². The highest BCUT2D eigenvalue weighted by Crippen LogP contribution is 2.40. The highest BCUT2D eigenvalue weighted by molar-refractivity contribution is 5.17. The molecule has 1 aromatic rings. The van der Waals surface area contributed by atoms with Crippen molar-refractivity contribution in [2.75, 3.05) is 13.2 Å². The number of nitrogens with zero attached hydrogens (tertiary/aromatic N) is 1. The fraction of sp³-hybridized carbons (Fsp3) is 0.760. The zero-order valence-corrected chi connectivity index (χ0v) is 19.8. The fourth-order valence-electron chi connectivity index (χ4n) is 3.87. The second kappa shape index (κ2) is 11.9. The normalized spacial score (nSPS) is 21.6. The predicted molar refractivity (Wildman–Crippen MR) is 120 cm³/mol. The van der Waals surface area contributed by atoms with Crippen LogP contribution in [-0.4, -0.2) is 29.4 Å². The first kappa shape index (κ1) is 25.1. The van der Waals surface area contributed by atoms with E-state index in [9.17, 15) is 0 Å². The molecule has 28 heavy (non-hydrogen) atoms. The van der Waals surface area contributed by atoms with Crippen LogP contribution in [0.5, 0.6) is 0 Å². The number of ether oxygens (including phenoxy) is 1. The minimum Gasteiger partial charge on any atom is -0.378 e. The summed E-state index contributed by atoms with van der Waals surface area (Å²) in [6, 6.07) is 10.5. The molecule has 0 bridgehead atoms. The summed E-state index contributed by atoms with van der Waals surface area (Å²) < 4.78 is 6.00. The van der Waals surface area contributed by atoms with E-state index >= 15 is 0 Å². The Morgan fingerprint density at radius 1 is 0.929 bits per heavy atom. The van der Waals surface area contributed by atoms with Crippen LogP contribution in [0.1, 0.15) is 99.2 Å². The van der Waals surface area contributed by atoms with Crippen molar-refractivity contribution in [3.8, 4) is 0 Å². The molecule has 0 radical (unpaired) electrons. The number of hydrogen-bond acceptors (Lipinski definition) is 3. The molecule has 1 aliphatic carbocycles. The molecule has 162 valence electrons. The Hall–Kier alpha value is -0.900. The third-order valence-electron chi connectivity index (χ3n) is 5.40. The van der Waals surface area contributed by atoms with Crippen molar-refractivity contribution in [2.24, 2.45) is 5.92 Å². The monoisotopic (exact) mass is 391 g/mol. The van der Waals surface area contributed by atoms with Gasteiger partial charge in [0.15, 0.2) is 0 Å². The lowest BCUT2D eigenvalue weighted by Gasteiger charge is -2.52. The molecule has 2 aliphatic rings. The first-order valence-electron chi connectivity index (χ1n) is 11.5. The molecule has 1 heterocycles. The summed E-state index contributed by atoms with van der Waals surface area (Å²) in [6.45, 7) is 18.7. The van der Waals surface area contributed by atoms with Gasteiger partial charge >= 0.3 is 0 Å². The Labute approximate surface area is 174 Å². The Kier molecular flexibility index (Phi) is 10.7. The van der Waals surface area contributed by atoms with Gasteiger partial charge in [-0.1, -0.05) is 58.0 Å². The van der Waals surface area contributed by atoms with Gasteiger partial charge in [0.1, 0.15) is 6.10 Å². The fourth-order valence-corrected chi connectivity index (χ4v) is 3.87. The third kappa shape index (κ3) is 7.50. The van der Waals surface area contributed by atoms with E-state index in [1.54, 1.807) is 0 Å². The molecular weight excluding hydrogens is 346 g/mol. The first-order chi connectivity index (χ1) is 13.4. The van der Waals surface area contributed by atoms with Crippen LogP contribution in [0.4, 0.5) is 0 Å². The highest BCUT2D eigenvalue weighted by atomic mass is 16.7. The van der Waals surface area contributed by atoms with Crippen molar-refractivity contribution >= 4 is 0 Å². The van der Waals surface area contributed by atoms with Crippen molar-refractivity contribution in [3.05, 3.63) is 35.9 Å². The first-order valence-corrected chi connectivity index (χ1v) is 11.5. The molecular formula is C25H45NO2. The van der Waals surface area contributed by atoms with Crippen molar-refractivity contribution in [2.45, 2.75) is 105 Å². The van der Waals surface area contributed by atoms with Crippen molar-refractivity contribution in [1.29, 1.82) is 0 Å². The van der Waals surface area contributed by atoms with Gasteiger partial charge in [-0.3, -0.25) is 4.84 Å². The number of piperidine rings is 1. The van der Waals surface area contributed by atoms with Crippen LogP contribution in [-0.2, 0) is 9.57 Å². The molecule has 0 N–H and O–H groups in total. The summed E-state index contributed by atoms with van der Waals surface area (Å²) in [6.07, 6.45) is 6.20. The van der Waals surface area contributed by atoms with Gasteiger partial charge in [0, 0.05) is 17.7 Å². The molecule has 1 atom stereocenters. The van der Waals surface area contributed by atoms with Crippen LogP contribution in [0.15, 0.2) is 30.3 Å². The van der Waals surface area contributed by atoms with Gasteiger partial charge < -0.3 is 4.74 Å². The van der Waals surface area contributed by atoms with Gasteiger partial charge in [-0.2, -0.15) is 5.06 Å². The van der Waals surface area contributed by atoms with Gasteiger partial charge in [-0.05, 0) is 71.3 Å². The van der Waals surface area contributed by atoms with Gasteiger partial charge in [0.05, 0.1) is 6.61 Å². The standard InChI is InChI=1S/C21H33NO2.2C2H6/c1-20(2)13-8-14-21(3,4)22(20)24-19(16-23-15-17-11-12-17)18-9-6-5-7-10-18;2*1-2/h5-7,9-10,17,19H,8,11-16H2,1-4H3;2*1-2H3. The van der Waals surface area contributed by atoms with Gasteiger partial charge in [0.25, 0.3) is 0 Å². The lowest BCUT2D eigenvalue weighted by molar-refractivity contribution is -0.313. The maximum absolute atomic E-state index is 6.62. The van der Waals surface area contributed by atoms with E-state index in [1.165, 1.54) is 37.7 Å². The summed E-state index contributed by atoms with van der Waals surface area (Å²) in [7, 11) is 0. The quantitative estimate of drug-likeness (QED) is 0.491. The van der Waals surface area contributed by atoms with Crippen LogP contribution in [0.2, 0.25) is 0 Å². The van der Waals surface area contributed by atoms with Crippen LogP contribution >= 0.6 is 0 Å². The largest absolute Gasteiger partial charge is 0.378 e. The zero-order valence-electron chi connectivity index (χ0n) is 19.8. The van der Waals surface area contributed by atoms with E-state index in [4.69, 9.17) is 9.57 Å². The number of hydrogen-bond donors (Lipinski definition) is 0. The number of rotatable bonds is 7. The molecule has 0 aromatic heterocycles. The van der Waals surface area contributed by atoms with E-state index in [-0.39, 0.29) is 17.2 Å². The molecule has 1 aliphatic heterocycles. The molecule has 0 spiro atoms. The number of hydroxylamine groups is 2. The molecule has 1 unspecified atom stereocenters. The van der Waals surface area contributed by atoms with Crippen LogP contribution in [0, 0.1) is 5.92 Å². The molecule has 3 nitrogen and oxygen atoms in total. The summed E-state index contributed by atoms with van der Waals surface area (Å²) in [5.74, 6) is 0.782. The maximum atomic E-state index is 6.62. The van der Waals surface area contributed by atoms with Gasteiger partial charge in [-0.15, -0.1) is 0 Å². The molecule has 3 rings (SSSR count). The molecule has 3 heteroatoms. The van der Waals surface area contributed by atoms with Crippen molar-refractivity contribution in [1.82, 2.24) is 5.06 Å². The molecule has 1 saturated carbocycles. The molecule has 1 saturated heterocycles. The smallest absolute Gasteiger partial charge is 0.128 e. The summed E-state index contributed by atoms with van der Waals surface area (Å²) >= 11 is 0. The van der Waals surface area contributed by atoms with E-state index in [2.05, 4.69) is 63.1 Å². The molecule has 0 amide bonds. The van der Waals surface area contributed by atoms with Crippen LogP contribution in [0.25, 0.3) is 0 Å². The average molecular weight is 392 g/mol. The predicted octanol–water partition coefficient (Wildman–Crippen LogP) is 7.18. The Balaban J connectivity index is 0.000000921. The minimum absolute atomic E-state index is 0.0402. The topological polar surface area (TPSA) is 21.7 Å². The van der Waals surface area contributed by atoms with E-state index in [1.807, 2.05) is 27.7 Å². The Morgan fingerprint density at radius 3 is 1.96 bits per heavy atom. The van der Waals surface area contributed by atoms with E-state index in [0.29, 0.717) is 6.61 Å². The van der Waals surface area contributed by atoms with Gasteiger partial charge in [0.2, 0.25) is 0 Å². The SMILES string of the molecule is CC.CC.CC1(C)CCCC(C)(C)N1OC(COCC1CC1)c1ccccc1. The van der Waals surface area contributed by atoms with Crippen molar-refractivity contribution in [3.63, 3.8) is 0 Å². The summed E-state index contributed by atoms with van der Waals surface area (Å²) in [4.78, 5) is 6.62. The zero-order chi connectivity index (χ0) is 21.2. The highest BCUT2D eigenvalue weighted by Gasteiger charge is 2.43. The summed E-state index contributed by atoms with van der Waals surface area (Å²) in [5, 5.41) is 2.25. The minimum atomic E-state index is -0.0402. The van der Waals surface area contributed by atoms with E-state index in [0.717, 1.165) is 12.5 Å². The van der Waals surface area contributed by atoms with Crippen LogP contribution < -0.4 is 0 Å². The third-order valence-corrected chi connectivity index (χ3v) is 5.40. The Bertz CT molecular complexity index is 507. The average Bonchev–Trinajstić information content (AvgIpc) is 3.51. The lowest BCUT2D eigenvalue weighted by atomic mass is 9.82. The molecule has 2 fully saturated rings. The summed E-state index contributed by atoms with van der Waals surface area (Å²) in [5.41, 5.74) is 1.29. The molecule has 1 aromatic carbocycles. The van der Waals surface area contributed by atoms with E-state index < -0.39 is 0 Å². The maximum Gasteiger partial charge on any atom is 0.128 e. The lowest BCUT2D eigenvalue weighted by Crippen LogP contribution is -2.58. The Morgan fingerprint density at radius 2 is 1.46 bits per heavy atom. The second-order valence-electron chi connectivity index (χ2n) is 8.76. The number of benzene rings is 1. The van der Waals surface area contributed by atoms with Crippen LogP contribution in [0.3, 0.4) is 0 Å².